The Morgan fingerprint density at radius 3 is 2.94 bits per heavy atom. The number of aromatic nitrogens is 3. The Hall–Kier alpha value is -1.29. The molecule has 0 aromatic carbocycles. The van der Waals surface area contributed by atoms with Gasteiger partial charge in [-0.25, -0.2) is 18.1 Å². The number of nitrogens with one attached hydrogen (secondary N) is 2. The van der Waals surface area contributed by atoms with E-state index in [4.69, 9.17) is 5.11 Å². The highest BCUT2D eigenvalue weighted by molar-refractivity contribution is 7.89. The molecule has 0 bridgehead atoms. The SMILES string of the molecule is Cc1[nH]nc(S(=O)(=O)NCc2cscn2)c1CO. The van der Waals surface area contributed by atoms with Gasteiger partial charge in [0, 0.05) is 16.6 Å². The Bertz CT molecular complexity index is 618. The topological polar surface area (TPSA) is 108 Å². The van der Waals surface area contributed by atoms with Crippen molar-refractivity contribution >= 4 is 21.4 Å². The molecule has 0 atom stereocenters. The first-order chi connectivity index (χ1) is 8.54. The number of rotatable bonds is 5. The van der Waals surface area contributed by atoms with Crippen molar-refractivity contribution in [3.05, 3.63) is 27.8 Å². The van der Waals surface area contributed by atoms with E-state index < -0.39 is 10.0 Å². The lowest BCUT2D eigenvalue weighted by Gasteiger charge is -2.04. The highest BCUT2D eigenvalue weighted by Crippen LogP contribution is 2.16. The Balaban J connectivity index is 2.20. The van der Waals surface area contributed by atoms with Crippen LogP contribution in [-0.2, 0) is 23.2 Å². The summed E-state index contributed by atoms with van der Waals surface area (Å²) in [6.45, 7) is 1.37. The second kappa shape index (κ2) is 5.14. The van der Waals surface area contributed by atoms with E-state index in [0.29, 0.717) is 11.4 Å². The predicted molar refractivity (Wildman–Crippen MR) is 65.4 cm³/mol. The smallest absolute Gasteiger partial charge is 0.260 e. The largest absolute Gasteiger partial charge is 0.392 e. The van der Waals surface area contributed by atoms with Crippen molar-refractivity contribution in [3.8, 4) is 0 Å². The number of thiazole rings is 1. The minimum absolute atomic E-state index is 0.0998. The summed E-state index contributed by atoms with van der Waals surface area (Å²) in [7, 11) is -3.75. The van der Waals surface area contributed by atoms with E-state index >= 15 is 0 Å². The molecule has 3 N–H and O–H groups in total. The van der Waals surface area contributed by atoms with Crippen LogP contribution in [0.5, 0.6) is 0 Å². The number of aliphatic hydroxyl groups is 1. The van der Waals surface area contributed by atoms with Crippen molar-refractivity contribution in [2.24, 2.45) is 0 Å². The van der Waals surface area contributed by atoms with Gasteiger partial charge in [-0.2, -0.15) is 5.10 Å². The normalized spacial score (nSPS) is 11.9. The van der Waals surface area contributed by atoms with Crippen LogP contribution < -0.4 is 4.72 Å². The molecule has 0 saturated carbocycles. The molecule has 0 saturated heterocycles. The van der Waals surface area contributed by atoms with Gasteiger partial charge < -0.3 is 5.11 Å². The number of H-pyrrole nitrogens is 1. The Kier molecular flexibility index (Phi) is 3.76. The second-order valence-electron chi connectivity index (χ2n) is 3.59. The van der Waals surface area contributed by atoms with Crippen LogP contribution in [0.25, 0.3) is 0 Å². The zero-order valence-electron chi connectivity index (χ0n) is 9.54. The molecule has 2 aromatic heterocycles. The maximum Gasteiger partial charge on any atom is 0.260 e. The molecule has 0 amide bonds. The molecule has 2 rings (SSSR count). The number of hydrogen-bond acceptors (Lipinski definition) is 6. The summed E-state index contributed by atoms with van der Waals surface area (Å²) in [6, 6.07) is 0. The molecular formula is C9H12N4O3S2. The van der Waals surface area contributed by atoms with E-state index in [9.17, 15) is 8.42 Å². The molecule has 2 heterocycles. The number of hydrogen-bond donors (Lipinski definition) is 3. The summed E-state index contributed by atoms with van der Waals surface area (Å²) < 4.78 is 26.4. The van der Waals surface area contributed by atoms with Gasteiger partial charge >= 0.3 is 0 Å². The lowest BCUT2D eigenvalue weighted by Crippen LogP contribution is -2.24. The fourth-order valence-electron chi connectivity index (χ4n) is 1.40. The van der Waals surface area contributed by atoms with Crippen LogP contribution in [0.2, 0.25) is 0 Å². The summed E-state index contributed by atoms with van der Waals surface area (Å²) >= 11 is 1.39. The first-order valence-corrected chi connectivity index (χ1v) is 7.48. The van der Waals surface area contributed by atoms with Gasteiger partial charge in [-0.15, -0.1) is 11.3 Å². The molecular weight excluding hydrogens is 276 g/mol. The molecule has 9 heteroatoms. The van der Waals surface area contributed by atoms with Gasteiger partial charge in [-0.1, -0.05) is 0 Å². The van der Waals surface area contributed by atoms with Crippen molar-refractivity contribution in [2.45, 2.75) is 25.1 Å². The summed E-state index contributed by atoms with van der Waals surface area (Å²) in [5.74, 6) is 0. The third-order valence-corrected chi connectivity index (χ3v) is 4.38. The minimum Gasteiger partial charge on any atom is -0.392 e. The molecule has 0 spiro atoms. The van der Waals surface area contributed by atoms with E-state index in [1.165, 1.54) is 11.3 Å². The maximum absolute atomic E-state index is 12.0. The average molecular weight is 288 g/mol. The van der Waals surface area contributed by atoms with E-state index in [1.807, 2.05) is 0 Å². The van der Waals surface area contributed by atoms with Gasteiger partial charge in [0.05, 0.1) is 24.4 Å². The van der Waals surface area contributed by atoms with Gasteiger partial charge in [0.15, 0.2) is 5.03 Å². The molecule has 0 unspecified atom stereocenters. The molecule has 0 aliphatic rings. The first-order valence-electron chi connectivity index (χ1n) is 5.06. The quantitative estimate of drug-likeness (QED) is 0.725. The van der Waals surface area contributed by atoms with Gasteiger partial charge in [-0.05, 0) is 6.92 Å². The number of sulfonamides is 1. The van der Waals surface area contributed by atoms with E-state index in [1.54, 1.807) is 17.8 Å². The van der Waals surface area contributed by atoms with Crippen LogP contribution in [0.1, 0.15) is 17.0 Å². The van der Waals surface area contributed by atoms with Crippen molar-refractivity contribution in [1.82, 2.24) is 19.9 Å². The third kappa shape index (κ3) is 2.58. The highest BCUT2D eigenvalue weighted by atomic mass is 32.2. The van der Waals surface area contributed by atoms with Crippen molar-refractivity contribution < 1.29 is 13.5 Å². The standard InChI is InChI=1S/C9H12N4O3S2/c1-6-8(3-14)9(13-12-6)18(15,16)11-2-7-4-17-5-10-7/h4-5,11,14H,2-3H2,1H3,(H,12,13). The highest BCUT2D eigenvalue weighted by Gasteiger charge is 2.23. The predicted octanol–water partition coefficient (Wildman–Crippen LogP) is 0.145. The molecule has 0 radical (unpaired) electrons. The lowest BCUT2D eigenvalue weighted by atomic mass is 10.3. The fourth-order valence-corrected chi connectivity index (χ4v) is 3.14. The summed E-state index contributed by atoms with van der Waals surface area (Å²) in [4.78, 5) is 3.97. The summed E-state index contributed by atoms with van der Waals surface area (Å²) in [5.41, 5.74) is 3.08. The second-order valence-corrected chi connectivity index (χ2v) is 6.00. The van der Waals surface area contributed by atoms with Crippen LogP contribution in [0.15, 0.2) is 15.9 Å². The zero-order valence-corrected chi connectivity index (χ0v) is 11.2. The molecule has 18 heavy (non-hydrogen) atoms. The molecule has 98 valence electrons. The van der Waals surface area contributed by atoms with Gasteiger partial charge in [0.1, 0.15) is 0 Å². The van der Waals surface area contributed by atoms with Gasteiger partial charge in [0.2, 0.25) is 0 Å². The number of aliphatic hydroxyl groups excluding tert-OH is 1. The lowest BCUT2D eigenvalue weighted by molar-refractivity contribution is 0.277. The molecule has 0 aliphatic carbocycles. The van der Waals surface area contributed by atoms with Gasteiger partial charge in [0.25, 0.3) is 10.0 Å². The first kappa shape index (κ1) is 13.1. The Labute approximate surface area is 108 Å². The molecule has 0 fully saturated rings. The Morgan fingerprint density at radius 1 is 1.56 bits per heavy atom. The zero-order chi connectivity index (χ0) is 13.2. The summed E-state index contributed by atoms with van der Waals surface area (Å²) in [5, 5.41) is 17.0. The average Bonchev–Trinajstić information content (AvgIpc) is 2.95. The summed E-state index contributed by atoms with van der Waals surface area (Å²) in [6.07, 6.45) is 0. The van der Waals surface area contributed by atoms with Crippen LogP contribution in [0.3, 0.4) is 0 Å². The molecule has 0 aliphatic heterocycles. The number of nitrogens with zero attached hydrogens (tertiary/aromatic N) is 2. The van der Waals surface area contributed by atoms with Crippen LogP contribution in [-0.4, -0.2) is 28.7 Å². The third-order valence-electron chi connectivity index (χ3n) is 2.38. The molecule has 7 nitrogen and oxygen atoms in total. The Morgan fingerprint density at radius 2 is 2.33 bits per heavy atom. The van der Waals surface area contributed by atoms with Gasteiger partial charge in [-0.3, -0.25) is 5.10 Å². The molecule has 2 aromatic rings. The maximum atomic E-state index is 12.0. The monoisotopic (exact) mass is 288 g/mol. The minimum atomic E-state index is -3.75. The number of aromatic amines is 1. The van der Waals surface area contributed by atoms with E-state index in [0.717, 1.165) is 0 Å². The van der Waals surface area contributed by atoms with E-state index in [-0.39, 0.29) is 23.7 Å². The van der Waals surface area contributed by atoms with E-state index in [2.05, 4.69) is 19.9 Å². The fraction of sp³-hybridized carbons (Fsp3) is 0.333. The van der Waals surface area contributed by atoms with Crippen LogP contribution >= 0.6 is 11.3 Å². The number of aryl methyl sites for hydroxylation is 1. The van der Waals surface area contributed by atoms with Crippen LogP contribution in [0.4, 0.5) is 0 Å². The van der Waals surface area contributed by atoms with Crippen molar-refractivity contribution in [1.29, 1.82) is 0 Å². The van der Waals surface area contributed by atoms with Crippen LogP contribution in [0, 0.1) is 6.92 Å². The van der Waals surface area contributed by atoms with Crippen molar-refractivity contribution in [2.75, 3.05) is 0 Å². The van der Waals surface area contributed by atoms with Crippen molar-refractivity contribution in [3.63, 3.8) is 0 Å².